The quantitative estimate of drug-likeness (QED) is 0.792. The lowest BCUT2D eigenvalue weighted by atomic mass is 10.1. The lowest BCUT2D eigenvalue weighted by Gasteiger charge is -2.08. The zero-order valence-corrected chi connectivity index (χ0v) is 13.9. The van der Waals surface area contributed by atoms with Gasteiger partial charge >= 0.3 is 0 Å². The van der Waals surface area contributed by atoms with Crippen molar-refractivity contribution >= 4 is 31.3 Å². The normalized spacial score (nSPS) is 15.4. The van der Waals surface area contributed by atoms with Gasteiger partial charge < -0.3 is 0 Å². The Morgan fingerprint density at radius 2 is 1.95 bits per heavy atom. The summed E-state index contributed by atoms with van der Waals surface area (Å²) in [6, 6.07) is 5.86. The summed E-state index contributed by atoms with van der Waals surface area (Å²) in [5.74, 6) is 0.136. The molecule has 0 bridgehead atoms. The van der Waals surface area contributed by atoms with Crippen LogP contribution in [0.15, 0.2) is 23.1 Å². The van der Waals surface area contributed by atoms with Gasteiger partial charge in [-0.05, 0) is 43.9 Å². The van der Waals surface area contributed by atoms with Crippen molar-refractivity contribution in [3.63, 3.8) is 0 Å². The molecule has 0 aliphatic heterocycles. The molecule has 112 valence electrons. The Labute approximate surface area is 133 Å². The molecule has 0 spiro atoms. The van der Waals surface area contributed by atoms with Gasteiger partial charge in [-0.2, -0.15) is 5.10 Å². The molecule has 4 nitrogen and oxygen atoms in total. The minimum Gasteiger partial charge on any atom is -0.220 e. The number of aryl methyl sites for hydroxylation is 2. The third-order valence-electron chi connectivity index (χ3n) is 3.61. The number of benzene rings is 1. The average molecular weight is 345 g/mol. The fraction of sp³-hybridized carbons (Fsp3) is 0.357. The Hall–Kier alpha value is -1.04. The Morgan fingerprint density at radius 1 is 1.29 bits per heavy atom. The van der Waals surface area contributed by atoms with Crippen LogP contribution in [-0.4, -0.2) is 18.2 Å². The predicted octanol–water partition coefficient (Wildman–Crippen LogP) is 3.95. The van der Waals surface area contributed by atoms with Gasteiger partial charge in [-0.3, -0.25) is 0 Å². The van der Waals surface area contributed by atoms with Crippen molar-refractivity contribution in [3.05, 3.63) is 40.2 Å². The highest BCUT2D eigenvalue weighted by Gasteiger charge is 2.36. The zero-order chi connectivity index (χ0) is 15.4. The van der Waals surface area contributed by atoms with Crippen LogP contribution in [0.2, 0.25) is 5.15 Å². The smallest absolute Gasteiger partial charge is 0.220 e. The van der Waals surface area contributed by atoms with Crippen molar-refractivity contribution in [1.82, 2.24) is 9.78 Å². The number of halogens is 2. The molecule has 0 N–H and O–H groups in total. The first kappa shape index (κ1) is 14.9. The van der Waals surface area contributed by atoms with Crippen molar-refractivity contribution in [1.29, 1.82) is 0 Å². The van der Waals surface area contributed by atoms with Crippen molar-refractivity contribution in [2.24, 2.45) is 0 Å². The van der Waals surface area contributed by atoms with Crippen LogP contribution >= 0.6 is 22.3 Å². The summed E-state index contributed by atoms with van der Waals surface area (Å²) >= 11 is 6.28. The number of hydrogen-bond donors (Lipinski definition) is 0. The van der Waals surface area contributed by atoms with Gasteiger partial charge in [-0.25, -0.2) is 13.1 Å². The van der Waals surface area contributed by atoms with E-state index in [9.17, 15) is 8.42 Å². The molecule has 1 saturated carbocycles. The van der Waals surface area contributed by atoms with Gasteiger partial charge in [0.1, 0.15) is 4.90 Å². The maximum atomic E-state index is 11.8. The molecule has 1 aromatic heterocycles. The Bertz CT molecular complexity index is 824. The first-order valence-electron chi connectivity index (χ1n) is 6.59. The second-order valence-corrected chi connectivity index (χ2v) is 8.28. The number of rotatable bonds is 3. The van der Waals surface area contributed by atoms with Gasteiger partial charge in [0.2, 0.25) is 0 Å². The molecule has 0 atom stereocenters. The van der Waals surface area contributed by atoms with Gasteiger partial charge in [0.15, 0.2) is 5.15 Å². The Kier molecular flexibility index (Phi) is 3.55. The van der Waals surface area contributed by atoms with Crippen molar-refractivity contribution in [3.8, 4) is 5.69 Å². The molecule has 21 heavy (non-hydrogen) atoms. The summed E-state index contributed by atoms with van der Waals surface area (Å²) in [5.41, 5.74) is 3.26. The monoisotopic (exact) mass is 344 g/mol. The van der Waals surface area contributed by atoms with E-state index in [0.29, 0.717) is 5.69 Å². The molecule has 7 heteroatoms. The molecule has 0 saturated heterocycles. The molecule has 0 amide bonds. The van der Waals surface area contributed by atoms with Crippen LogP contribution in [0.5, 0.6) is 0 Å². The molecule has 1 fully saturated rings. The second kappa shape index (κ2) is 5.00. The first-order valence-corrected chi connectivity index (χ1v) is 9.28. The van der Waals surface area contributed by atoms with Gasteiger partial charge in [-0.1, -0.05) is 23.7 Å². The zero-order valence-electron chi connectivity index (χ0n) is 11.6. The molecule has 0 unspecified atom stereocenters. The second-order valence-electron chi connectivity index (χ2n) is 5.42. The number of nitrogens with zero attached hydrogens (tertiary/aromatic N) is 2. The predicted molar refractivity (Wildman–Crippen MR) is 83.1 cm³/mol. The minimum atomic E-state index is -3.92. The van der Waals surface area contributed by atoms with Gasteiger partial charge in [0.05, 0.1) is 11.4 Å². The highest BCUT2D eigenvalue weighted by molar-refractivity contribution is 8.13. The molecule has 1 aromatic carbocycles. The third kappa shape index (κ3) is 2.70. The lowest BCUT2D eigenvalue weighted by molar-refractivity contribution is 0.608. The molecule has 3 rings (SSSR count). The van der Waals surface area contributed by atoms with E-state index >= 15 is 0 Å². The summed E-state index contributed by atoms with van der Waals surface area (Å²) in [7, 11) is 1.62. The third-order valence-corrected chi connectivity index (χ3v) is 5.43. The van der Waals surface area contributed by atoms with Gasteiger partial charge in [0.25, 0.3) is 9.05 Å². The van der Waals surface area contributed by atoms with Gasteiger partial charge in [0, 0.05) is 16.6 Å². The molecule has 1 aliphatic carbocycles. The minimum absolute atomic E-state index is 0.0470. The van der Waals surface area contributed by atoms with E-state index in [1.807, 2.05) is 32.0 Å². The standard InChI is InChI=1S/C14H14Cl2N2O2S/c1-8-3-4-9(2)11(7-8)18-14(15)13(21(16,19)20)12(17-18)10-5-6-10/h3-4,7,10H,5-6H2,1-2H3. The van der Waals surface area contributed by atoms with Crippen LogP contribution in [0.4, 0.5) is 0 Å². The Balaban J connectivity index is 2.27. The van der Waals surface area contributed by atoms with E-state index in [4.69, 9.17) is 22.3 Å². The summed E-state index contributed by atoms with van der Waals surface area (Å²) in [6.45, 7) is 3.89. The molecule has 2 aromatic rings. The molecule has 1 heterocycles. The van der Waals surface area contributed by atoms with Crippen LogP contribution < -0.4 is 0 Å². The van der Waals surface area contributed by atoms with Crippen molar-refractivity contribution < 1.29 is 8.42 Å². The summed E-state index contributed by atoms with van der Waals surface area (Å²) in [5, 5.41) is 4.49. The largest absolute Gasteiger partial charge is 0.266 e. The van der Waals surface area contributed by atoms with E-state index in [1.165, 1.54) is 4.68 Å². The van der Waals surface area contributed by atoms with Crippen LogP contribution in [-0.2, 0) is 9.05 Å². The maximum absolute atomic E-state index is 11.8. The van der Waals surface area contributed by atoms with Crippen molar-refractivity contribution in [2.75, 3.05) is 0 Å². The molecular formula is C14H14Cl2N2O2S. The summed E-state index contributed by atoms with van der Waals surface area (Å²) in [4.78, 5) is -0.0470. The number of hydrogen-bond acceptors (Lipinski definition) is 3. The number of aromatic nitrogens is 2. The fourth-order valence-corrected chi connectivity index (χ4v) is 4.21. The first-order chi connectivity index (χ1) is 9.79. The van der Waals surface area contributed by atoms with E-state index < -0.39 is 9.05 Å². The van der Waals surface area contributed by atoms with Crippen LogP contribution in [0.3, 0.4) is 0 Å². The van der Waals surface area contributed by atoms with Crippen LogP contribution in [0.25, 0.3) is 5.69 Å². The summed E-state index contributed by atoms with van der Waals surface area (Å²) < 4.78 is 25.1. The highest BCUT2D eigenvalue weighted by atomic mass is 35.7. The lowest BCUT2D eigenvalue weighted by Crippen LogP contribution is -2.00. The van der Waals surface area contributed by atoms with Crippen LogP contribution in [0, 0.1) is 13.8 Å². The maximum Gasteiger partial charge on any atom is 0.266 e. The fourth-order valence-electron chi connectivity index (χ4n) is 2.36. The molecule has 0 radical (unpaired) electrons. The van der Waals surface area contributed by atoms with E-state index in [1.54, 1.807) is 0 Å². The topological polar surface area (TPSA) is 52.0 Å². The van der Waals surface area contributed by atoms with E-state index in [0.717, 1.165) is 29.7 Å². The molecule has 1 aliphatic rings. The molecular weight excluding hydrogens is 331 g/mol. The van der Waals surface area contributed by atoms with E-state index in [-0.39, 0.29) is 16.0 Å². The van der Waals surface area contributed by atoms with E-state index in [2.05, 4.69) is 5.10 Å². The summed E-state index contributed by atoms with van der Waals surface area (Å²) in [6.07, 6.45) is 1.83. The van der Waals surface area contributed by atoms with Gasteiger partial charge in [-0.15, -0.1) is 0 Å². The Morgan fingerprint density at radius 3 is 2.52 bits per heavy atom. The highest BCUT2D eigenvalue weighted by Crippen LogP contribution is 2.45. The van der Waals surface area contributed by atoms with Crippen LogP contribution in [0.1, 0.15) is 35.6 Å². The SMILES string of the molecule is Cc1ccc(C)c(-n2nc(C3CC3)c(S(=O)(=O)Cl)c2Cl)c1. The van der Waals surface area contributed by atoms with Crippen molar-refractivity contribution in [2.45, 2.75) is 37.5 Å². The average Bonchev–Trinajstić information content (AvgIpc) is 3.15.